The average molecular weight is 252 g/mol. The molecule has 5 nitrogen and oxygen atoms in total. The van der Waals surface area contributed by atoms with E-state index in [2.05, 4.69) is 16.6 Å². The first-order valence-corrected chi connectivity index (χ1v) is 6.28. The minimum Gasteiger partial charge on any atom is -0.481 e. The molecule has 3 N–H and O–H groups in total. The highest BCUT2D eigenvalue weighted by molar-refractivity contribution is 5.79. The summed E-state index contributed by atoms with van der Waals surface area (Å²) in [5.74, 6) is 1.66. The van der Waals surface area contributed by atoms with Crippen LogP contribution in [0, 0.1) is 17.8 Å². The van der Waals surface area contributed by atoms with Crippen molar-refractivity contribution in [3.8, 4) is 12.3 Å². The molecular weight excluding hydrogens is 232 g/mol. The van der Waals surface area contributed by atoms with Gasteiger partial charge in [-0.05, 0) is 19.3 Å². The molecule has 0 aromatic carbocycles. The lowest BCUT2D eigenvalue weighted by atomic mass is 9.69. The Morgan fingerprint density at radius 2 is 2.17 bits per heavy atom. The number of carbonyl (C=O) groups is 2. The molecule has 0 saturated heterocycles. The molecule has 1 aliphatic carbocycles. The van der Waals surface area contributed by atoms with Gasteiger partial charge in [0.05, 0.1) is 11.5 Å². The van der Waals surface area contributed by atoms with Crippen molar-refractivity contribution < 1.29 is 14.7 Å². The monoisotopic (exact) mass is 252 g/mol. The Balaban J connectivity index is 2.37. The zero-order valence-electron chi connectivity index (χ0n) is 10.7. The molecule has 0 heterocycles. The Hall–Kier alpha value is -1.70. The van der Waals surface area contributed by atoms with Gasteiger partial charge in [-0.3, -0.25) is 4.79 Å². The third kappa shape index (κ3) is 3.39. The lowest BCUT2D eigenvalue weighted by Crippen LogP contribution is -2.51. The Morgan fingerprint density at radius 1 is 1.50 bits per heavy atom. The van der Waals surface area contributed by atoms with Crippen LogP contribution in [-0.4, -0.2) is 29.7 Å². The molecule has 1 rings (SSSR count). The van der Waals surface area contributed by atoms with Gasteiger partial charge in [0, 0.05) is 6.54 Å². The number of carbonyl (C=O) groups excluding carboxylic acids is 1. The van der Waals surface area contributed by atoms with Crippen molar-refractivity contribution in [2.45, 2.75) is 45.1 Å². The van der Waals surface area contributed by atoms with Crippen LogP contribution < -0.4 is 10.6 Å². The van der Waals surface area contributed by atoms with Crippen LogP contribution in [0.15, 0.2) is 0 Å². The molecule has 0 aromatic rings. The maximum absolute atomic E-state index is 11.6. The second-order valence-corrected chi connectivity index (χ2v) is 4.77. The fourth-order valence-electron chi connectivity index (χ4n) is 2.01. The summed E-state index contributed by atoms with van der Waals surface area (Å²) in [6.07, 6.45) is 9.03. The van der Waals surface area contributed by atoms with Gasteiger partial charge in [0.25, 0.3) is 0 Å². The van der Waals surface area contributed by atoms with Crippen LogP contribution in [0.2, 0.25) is 0 Å². The molecule has 1 saturated carbocycles. The van der Waals surface area contributed by atoms with E-state index in [1.807, 2.05) is 6.92 Å². The topological polar surface area (TPSA) is 78.4 Å². The number of hydrogen-bond acceptors (Lipinski definition) is 2. The Labute approximate surface area is 107 Å². The fourth-order valence-corrected chi connectivity index (χ4v) is 2.01. The molecule has 0 aliphatic heterocycles. The molecule has 0 spiro atoms. The van der Waals surface area contributed by atoms with E-state index in [-0.39, 0.29) is 18.6 Å². The summed E-state index contributed by atoms with van der Waals surface area (Å²) >= 11 is 0. The second kappa shape index (κ2) is 6.29. The second-order valence-electron chi connectivity index (χ2n) is 4.77. The first-order chi connectivity index (χ1) is 8.54. The van der Waals surface area contributed by atoms with Gasteiger partial charge in [-0.1, -0.05) is 25.7 Å². The number of rotatable bonds is 6. The summed E-state index contributed by atoms with van der Waals surface area (Å²) in [6.45, 7) is 2.15. The number of carboxylic acid groups (broad SMARTS) is 1. The van der Waals surface area contributed by atoms with E-state index >= 15 is 0 Å². The van der Waals surface area contributed by atoms with E-state index in [4.69, 9.17) is 11.5 Å². The van der Waals surface area contributed by atoms with Crippen molar-refractivity contribution in [2.75, 3.05) is 6.54 Å². The molecule has 0 aromatic heterocycles. The molecule has 1 unspecified atom stereocenters. The number of hydrogen-bond donors (Lipinski definition) is 3. The minimum absolute atomic E-state index is 0.164. The summed E-state index contributed by atoms with van der Waals surface area (Å²) in [5.41, 5.74) is -0.770. The molecular formula is C13H20N2O3. The quantitative estimate of drug-likeness (QED) is 0.624. The SMILES string of the molecule is C#CC(CCC)NC(=O)NCC1(C(=O)O)CCC1. The molecule has 1 fully saturated rings. The van der Waals surface area contributed by atoms with E-state index in [9.17, 15) is 9.59 Å². The van der Waals surface area contributed by atoms with Gasteiger partial charge < -0.3 is 15.7 Å². The molecule has 100 valence electrons. The van der Waals surface area contributed by atoms with Crippen molar-refractivity contribution >= 4 is 12.0 Å². The third-order valence-electron chi connectivity index (χ3n) is 3.44. The van der Waals surface area contributed by atoms with E-state index in [1.54, 1.807) is 0 Å². The predicted molar refractivity (Wildman–Crippen MR) is 68.0 cm³/mol. The zero-order valence-corrected chi connectivity index (χ0v) is 10.7. The Kier molecular flexibility index (Phi) is 5.02. The summed E-state index contributed by atoms with van der Waals surface area (Å²) < 4.78 is 0. The predicted octanol–water partition coefficient (Wildman–Crippen LogP) is 1.34. The molecule has 1 aliphatic rings. The van der Waals surface area contributed by atoms with Gasteiger partial charge in [-0.25, -0.2) is 4.79 Å². The normalized spacial score (nSPS) is 18.0. The van der Waals surface area contributed by atoms with Gasteiger partial charge in [0.15, 0.2) is 0 Å². The zero-order chi connectivity index (χ0) is 13.6. The van der Waals surface area contributed by atoms with Gasteiger partial charge >= 0.3 is 12.0 Å². The highest BCUT2D eigenvalue weighted by atomic mass is 16.4. The van der Waals surface area contributed by atoms with Gasteiger partial charge in [0.1, 0.15) is 0 Å². The number of carboxylic acids is 1. The highest BCUT2D eigenvalue weighted by Gasteiger charge is 2.44. The number of aliphatic carboxylic acids is 1. The highest BCUT2D eigenvalue weighted by Crippen LogP contribution is 2.40. The molecule has 1 atom stereocenters. The average Bonchev–Trinajstić information content (AvgIpc) is 2.26. The van der Waals surface area contributed by atoms with Crippen LogP contribution in [0.5, 0.6) is 0 Å². The van der Waals surface area contributed by atoms with Crippen molar-refractivity contribution in [3.05, 3.63) is 0 Å². The first kappa shape index (κ1) is 14.4. The molecule has 0 radical (unpaired) electrons. The molecule has 0 bridgehead atoms. The van der Waals surface area contributed by atoms with Gasteiger partial charge in [-0.15, -0.1) is 6.42 Å². The largest absolute Gasteiger partial charge is 0.481 e. The van der Waals surface area contributed by atoms with Crippen LogP contribution in [0.25, 0.3) is 0 Å². The van der Waals surface area contributed by atoms with Crippen molar-refractivity contribution in [2.24, 2.45) is 5.41 Å². The lowest BCUT2D eigenvalue weighted by molar-refractivity contribution is -0.153. The van der Waals surface area contributed by atoms with E-state index < -0.39 is 11.4 Å². The number of terminal acetylenes is 1. The smallest absolute Gasteiger partial charge is 0.315 e. The van der Waals surface area contributed by atoms with Crippen LogP contribution in [-0.2, 0) is 4.79 Å². The van der Waals surface area contributed by atoms with Crippen molar-refractivity contribution in [1.82, 2.24) is 10.6 Å². The van der Waals surface area contributed by atoms with Gasteiger partial charge in [0.2, 0.25) is 0 Å². The van der Waals surface area contributed by atoms with Crippen LogP contribution in [0.4, 0.5) is 4.79 Å². The minimum atomic E-state index is -0.837. The molecule has 5 heteroatoms. The summed E-state index contributed by atoms with van der Waals surface area (Å²) in [7, 11) is 0. The lowest BCUT2D eigenvalue weighted by Gasteiger charge is -2.37. The van der Waals surface area contributed by atoms with Gasteiger partial charge in [-0.2, -0.15) is 0 Å². The summed E-state index contributed by atoms with van der Waals surface area (Å²) in [5, 5.41) is 14.4. The van der Waals surface area contributed by atoms with Crippen LogP contribution >= 0.6 is 0 Å². The third-order valence-corrected chi connectivity index (χ3v) is 3.44. The fraction of sp³-hybridized carbons (Fsp3) is 0.692. The van der Waals surface area contributed by atoms with E-state index in [0.29, 0.717) is 19.3 Å². The number of amides is 2. The maximum atomic E-state index is 11.6. The first-order valence-electron chi connectivity index (χ1n) is 6.28. The number of nitrogens with one attached hydrogen (secondary N) is 2. The van der Waals surface area contributed by atoms with E-state index in [1.165, 1.54) is 0 Å². The van der Waals surface area contributed by atoms with E-state index in [0.717, 1.165) is 12.8 Å². The standard InChI is InChI=1S/C13H20N2O3/c1-3-6-10(4-2)15-12(18)14-9-13(11(16)17)7-5-8-13/h2,10H,3,5-9H2,1H3,(H,16,17)(H2,14,15,18). The molecule has 18 heavy (non-hydrogen) atoms. The van der Waals surface area contributed by atoms with Crippen LogP contribution in [0.3, 0.4) is 0 Å². The summed E-state index contributed by atoms with van der Waals surface area (Å²) in [4.78, 5) is 22.7. The van der Waals surface area contributed by atoms with Crippen molar-refractivity contribution in [3.63, 3.8) is 0 Å². The Morgan fingerprint density at radius 3 is 2.56 bits per heavy atom. The Bertz CT molecular complexity index is 356. The van der Waals surface area contributed by atoms with Crippen molar-refractivity contribution in [1.29, 1.82) is 0 Å². The number of urea groups is 1. The van der Waals surface area contributed by atoms with Crippen LogP contribution in [0.1, 0.15) is 39.0 Å². The summed E-state index contributed by atoms with van der Waals surface area (Å²) in [6, 6.07) is -0.684. The maximum Gasteiger partial charge on any atom is 0.315 e. The molecule has 2 amide bonds.